The van der Waals surface area contributed by atoms with Crippen LogP contribution >= 0.6 is 0 Å². The fourth-order valence-corrected chi connectivity index (χ4v) is 5.05. The fraction of sp³-hybridized carbons (Fsp3) is 0.444. The van der Waals surface area contributed by atoms with Gasteiger partial charge in [-0.2, -0.15) is 0 Å². The Balaban J connectivity index is 1.36. The number of likely N-dealkylation sites (tertiary alicyclic amines) is 1. The summed E-state index contributed by atoms with van der Waals surface area (Å²) >= 11 is 0. The Hall–Kier alpha value is -2.99. The molecule has 2 aliphatic rings. The van der Waals surface area contributed by atoms with Crippen LogP contribution in [0.5, 0.6) is 0 Å². The van der Waals surface area contributed by atoms with Gasteiger partial charge in [-0.3, -0.25) is 19.3 Å². The van der Waals surface area contributed by atoms with Crippen molar-refractivity contribution in [2.45, 2.75) is 20.3 Å². The number of carbonyl (C=O) groups excluding carboxylic acids is 3. The van der Waals surface area contributed by atoms with Crippen molar-refractivity contribution in [2.24, 2.45) is 11.8 Å². The topological polar surface area (TPSA) is 60.9 Å². The number of rotatable bonds is 5. The Bertz CT molecular complexity index is 989. The third kappa shape index (κ3) is 5.50. The van der Waals surface area contributed by atoms with Crippen LogP contribution in [0.3, 0.4) is 0 Å². The zero-order chi connectivity index (χ0) is 23.4. The second-order valence-electron chi connectivity index (χ2n) is 9.55. The number of ketones is 1. The molecule has 4 rings (SSSR count). The summed E-state index contributed by atoms with van der Waals surface area (Å²) in [5.74, 6) is 1.01. The molecular formula is C27H33N3O3. The molecule has 0 aromatic heterocycles. The summed E-state index contributed by atoms with van der Waals surface area (Å²) in [4.78, 5) is 45.0. The molecule has 2 heterocycles. The summed E-state index contributed by atoms with van der Waals surface area (Å²) in [6.45, 7) is 8.92. The predicted molar refractivity (Wildman–Crippen MR) is 128 cm³/mol. The molecule has 2 fully saturated rings. The summed E-state index contributed by atoms with van der Waals surface area (Å²) in [5.41, 5.74) is 1.44. The van der Waals surface area contributed by atoms with Crippen molar-refractivity contribution in [1.29, 1.82) is 0 Å². The van der Waals surface area contributed by atoms with Gasteiger partial charge in [-0.05, 0) is 24.3 Å². The lowest BCUT2D eigenvalue weighted by Gasteiger charge is -2.38. The van der Waals surface area contributed by atoms with E-state index in [4.69, 9.17) is 0 Å². The lowest BCUT2D eigenvalue weighted by Crippen LogP contribution is -2.53. The van der Waals surface area contributed by atoms with Gasteiger partial charge in [0, 0.05) is 50.4 Å². The molecular weight excluding hydrogens is 414 g/mol. The van der Waals surface area contributed by atoms with E-state index in [1.807, 2.05) is 23.1 Å². The number of amides is 2. The highest BCUT2D eigenvalue weighted by Crippen LogP contribution is 2.21. The third-order valence-electron chi connectivity index (χ3n) is 6.68. The fourth-order valence-electron chi connectivity index (χ4n) is 5.05. The standard InChI is InChI=1S/C27H33N3O3/c1-20-16-21(2)18-30(17-20)25(31)19-28-12-14-29(15-13-28)27(33)24-11-7-6-10-23(24)26(32)22-8-4-3-5-9-22/h3-11,20-21H,12-19H2,1-2H3/t20-,21-/m1/s1. The van der Waals surface area contributed by atoms with E-state index in [0.29, 0.717) is 61.2 Å². The highest BCUT2D eigenvalue weighted by Gasteiger charge is 2.29. The van der Waals surface area contributed by atoms with Gasteiger partial charge in [0.05, 0.1) is 12.1 Å². The molecule has 0 aliphatic carbocycles. The molecule has 0 spiro atoms. The van der Waals surface area contributed by atoms with Crippen LogP contribution in [0.25, 0.3) is 0 Å². The molecule has 2 aromatic carbocycles. The molecule has 33 heavy (non-hydrogen) atoms. The summed E-state index contributed by atoms with van der Waals surface area (Å²) in [7, 11) is 0. The second-order valence-corrected chi connectivity index (χ2v) is 9.55. The Morgan fingerprint density at radius 3 is 1.97 bits per heavy atom. The molecule has 0 saturated carbocycles. The zero-order valence-corrected chi connectivity index (χ0v) is 19.6. The number of carbonyl (C=O) groups is 3. The molecule has 0 N–H and O–H groups in total. The van der Waals surface area contributed by atoms with Crippen LogP contribution < -0.4 is 0 Å². The zero-order valence-electron chi connectivity index (χ0n) is 19.6. The average molecular weight is 448 g/mol. The first-order valence-corrected chi connectivity index (χ1v) is 11.9. The normalized spacial score (nSPS) is 21.6. The maximum absolute atomic E-state index is 13.3. The van der Waals surface area contributed by atoms with E-state index in [9.17, 15) is 14.4 Å². The van der Waals surface area contributed by atoms with Gasteiger partial charge in [0.1, 0.15) is 0 Å². The third-order valence-corrected chi connectivity index (χ3v) is 6.68. The van der Waals surface area contributed by atoms with Crippen molar-refractivity contribution in [3.8, 4) is 0 Å². The number of benzene rings is 2. The van der Waals surface area contributed by atoms with Crippen LogP contribution in [0.2, 0.25) is 0 Å². The Kier molecular flexibility index (Phi) is 7.23. The Labute approximate surface area is 196 Å². The Morgan fingerprint density at radius 2 is 1.33 bits per heavy atom. The first-order valence-electron chi connectivity index (χ1n) is 11.9. The molecule has 174 valence electrons. The largest absolute Gasteiger partial charge is 0.341 e. The van der Waals surface area contributed by atoms with Crippen LogP contribution in [-0.2, 0) is 4.79 Å². The molecule has 2 aliphatic heterocycles. The van der Waals surface area contributed by atoms with Crippen LogP contribution in [0.15, 0.2) is 54.6 Å². The number of piperazine rings is 1. The molecule has 2 amide bonds. The number of piperidine rings is 1. The van der Waals surface area contributed by atoms with Crippen LogP contribution in [-0.4, -0.2) is 78.1 Å². The maximum atomic E-state index is 13.3. The highest BCUT2D eigenvalue weighted by atomic mass is 16.2. The summed E-state index contributed by atoms with van der Waals surface area (Å²) in [5, 5.41) is 0. The van der Waals surface area contributed by atoms with E-state index in [-0.39, 0.29) is 17.6 Å². The van der Waals surface area contributed by atoms with Gasteiger partial charge in [0.2, 0.25) is 5.91 Å². The molecule has 0 unspecified atom stereocenters. The summed E-state index contributed by atoms with van der Waals surface area (Å²) < 4.78 is 0. The first-order chi connectivity index (χ1) is 15.9. The molecule has 2 atom stereocenters. The van der Waals surface area contributed by atoms with Gasteiger partial charge in [-0.25, -0.2) is 0 Å². The van der Waals surface area contributed by atoms with E-state index in [1.54, 1.807) is 41.3 Å². The van der Waals surface area contributed by atoms with E-state index < -0.39 is 0 Å². The van der Waals surface area contributed by atoms with Gasteiger partial charge in [-0.15, -0.1) is 0 Å². The molecule has 2 saturated heterocycles. The molecule has 0 radical (unpaired) electrons. The molecule has 2 aromatic rings. The average Bonchev–Trinajstić information content (AvgIpc) is 2.83. The van der Waals surface area contributed by atoms with Crippen LogP contribution in [0.4, 0.5) is 0 Å². The smallest absolute Gasteiger partial charge is 0.254 e. The SMILES string of the molecule is C[C@@H]1C[C@@H](C)CN(C(=O)CN2CCN(C(=O)c3ccccc3C(=O)c3ccccc3)CC2)C1. The van der Waals surface area contributed by atoms with Gasteiger partial charge in [0.25, 0.3) is 5.91 Å². The number of hydrogen-bond acceptors (Lipinski definition) is 4. The minimum atomic E-state index is -0.145. The van der Waals surface area contributed by atoms with E-state index in [2.05, 4.69) is 18.7 Å². The lowest BCUT2D eigenvalue weighted by molar-refractivity contribution is -0.135. The quantitative estimate of drug-likeness (QED) is 0.661. The minimum absolute atomic E-state index is 0.125. The number of nitrogens with zero attached hydrogens (tertiary/aromatic N) is 3. The van der Waals surface area contributed by atoms with E-state index in [0.717, 1.165) is 13.1 Å². The summed E-state index contributed by atoms with van der Waals surface area (Å²) in [6.07, 6.45) is 1.18. The van der Waals surface area contributed by atoms with Gasteiger partial charge >= 0.3 is 0 Å². The van der Waals surface area contributed by atoms with Crippen LogP contribution in [0, 0.1) is 11.8 Å². The number of hydrogen-bond donors (Lipinski definition) is 0. The van der Waals surface area contributed by atoms with E-state index >= 15 is 0 Å². The van der Waals surface area contributed by atoms with Gasteiger partial charge in [-0.1, -0.05) is 62.4 Å². The molecule has 6 heteroatoms. The van der Waals surface area contributed by atoms with Crippen molar-refractivity contribution in [3.63, 3.8) is 0 Å². The molecule has 6 nitrogen and oxygen atoms in total. The van der Waals surface area contributed by atoms with Crippen molar-refractivity contribution >= 4 is 17.6 Å². The minimum Gasteiger partial charge on any atom is -0.341 e. The molecule has 0 bridgehead atoms. The lowest BCUT2D eigenvalue weighted by atomic mass is 9.92. The summed E-state index contributed by atoms with van der Waals surface area (Å²) in [6, 6.07) is 16.1. The van der Waals surface area contributed by atoms with E-state index in [1.165, 1.54) is 6.42 Å². The van der Waals surface area contributed by atoms with Crippen molar-refractivity contribution in [2.75, 3.05) is 45.8 Å². The predicted octanol–water partition coefficient (Wildman–Crippen LogP) is 3.18. The van der Waals surface area contributed by atoms with Gasteiger partial charge < -0.3 is 9.80 Å². The maximum Gasteiger partial charge on any atom is 0.254 e. The first kappa shape index (κ1) is 23.2. The second kappa shape index (κ2) is 10.3. The van der Waals surface area contributed by atoms with Crippen molar-refractivity contribution in [3.05, 3.63) is 71.3 Å². The highest BCUT2D eigenvalue weighted by molar-refractivity contribution is 6.15. The van der Waals surface area contributed by atoms with Crippen LogP contribution in [0.1, 0.15) is 46.5 Å². The van der Waals surface area contributed by atoms with Crippen molar-refractivity contribution in [1.82, 2.24) is 14.7 Å². The monoisotopic (exact) mass is 447 g/mol. The van der Waals surface area contributed by atoms with Gasteiger partial charge in [0.15, 0.2) is 5.78 Å². The Morgan fingerprint density at radius 1 is 0.758 bits per heavy atom. The van der Waals surface area contributed by atoms with Crippen molar-refractivity contribution < 1.29 is 14.4 Å².